The maximum atomic E-state index is 6.16. The molecule has 0 fully saturated rings. The lowest BCUT2D eigenvalue weighted by atomic mass is 9.82. The molecule has 0 spiro atoms. The molecule has 2 atom stereocenters. The average Bonchev–Trinajstić information content (AvgIpc) is 3.17. The first kappa shape index (κ1) is 18.6. The fourth-order valence-electron chi connectivity index (χ4n) is 3.78. The van der Waals surface area contributed by atoms with E-state index in [-0.39, 0.29) is 12.7 Å². The second-order valence-corrected chi connectivity index (χ2v) is 6.90. The summed E-state index contributed by atoms with van der Waals surface area (Å²) in [6, 6.07) is 7.75. The molecule has 28 heavy (non-hydrogen) atoms. The van der Waals surface area contributed by atoms with Crippen molar-refractivity contribution in [1.29, 1.82) is 0 Å². The van der Waals surface area contributed by atoms with E-state index in [9.17, 15) is 0 Å². The van der Waals surface area contributed by atoms with Crippen molar-refractivity contribution in [3.63, 3.8) is 0 Å². The number of fused-ring (bicyclic) bond motifs is 2. The third kappa shape index (κ3) is 2.96. The summed E-state index contributed by atoms with van der Waals surface area (Å²) in [5.74, 6) is 3.03. The summed E-state index contributed by atoms with van der Waals surface area (Å²) >= 11 is 0. The number of methoxy groups -OCH3 is 4. The zero-order valence-corrected chi connectivity index (χ0v) is 16.7. The smallest absolute Gasteiger partial charge is 0.231 e. The van der Waals surface area contributed by atoms with Gasteiger partial charge < -0.3 is 33.2 Å². The topological polar surface area (TPSA) is 64.6 Å². The van der Waals surface area contributed by atoms with Gasteiger partial charge in [0, 0.05) is 38.0 Å². The van der Waals surface area contributed by atoms with E-state index in [0.717, 1.165) is 11.1 Å². The fraction of sp³-hybridized carbons (Fsp3) is 0.429. The first-order chi connectivity index (χ1) is 13.5. The van der Waals surface area contributed by atoms with E-state index >= 15 is 0 Å². The van der Waals surface area contributed by atoms with Crippen LogP contribution in [-0.4, -0.2) is 41.0 Å². The van der Waals surface area contributed by atoms with Crippen LogP contribution in [0.1, 0.15) is 30.4 Å². The molecule has 0 aromatic heterocycles. The third-order valence-electron chi connectivity index (χ3n) is 5.30. The van der Waals surface area contributed by atoms with Gasteiger partial charge in [0.25, 0.3) is 0 Å². The van der Waals surface area contributed by atoms with Gasteiger partial charge in [-0.25, -0.2) is 0 Å². The van der Waals surface area contributed by atoms with Crippen molar-refractivity contribution in [2.75, 3.05) is 35.2 Å². The van der Waals surface area contributed by atoms with E-state index in [0.29, 0.717) is 40.9 Å². The Labute approximate surface area is 164 Å². The first-order valence-electron chi connectivity index (χ1n) is 8.99. The van der Waals surface area contributed by atoms with Crippen LogP contribution in [-0.2, 0) is 4.74 Å². The minimum absolute atomic E-state index is 0.0306. The average molecular weight is 388 g/mol. The van der Waals surface area contributed by atoms with E-state index in [1.807, 2.05) is 31.2 Å². The maximum Gasteiger partial charge on any atom is 0.231 e. The minimum atomic E-state index is -0.786. The molecule has 2 aliphatic heterocycles. The highest BCUT2D eigenvalue weighted by atomic mass is 16.7. The summed E-state index contributed by atoms with van der Waals surface area (Å²) in [5.41, 5.74) is 1.99. The maximum absolute atomic E-state index is 6.16. The van der Waals surface area contributed by atoms with Gasteiger partial charge in [0.15, 0.2) is 23.0 Å². The van der Waals surface area contributed by atoms with Gasteiger partial charge in [-0.1, -0.05) is 0 Å². The number of ether oxygens (including phenoxy) is 7. The van der Waals surface area contributed by atoms with Gasteiger partial charge >= 0.3 is 0 Å². The van der Waals surface area contributed by atoms with Gasteiger partial charge in [-0.05, 0) is 23.8 Å². The number of rotatable bonds is 5. The molecule has 0 saturated heterocycles. The van der Waals surface area contributed by atoms with Crippen molar-refractivity contribution in [3.05, 3.63) is 35.4 Å². The van der Waals surface area contributed by atoms with Crippen molar-refractivity contribution in [2.24, 2.45) is 0 Å². The van der Waals surface area contributed by atoms with Gasteiger partial charge in [-0.3, -0.25) is 0 Å². The van der Waals surface area contributed by atoms with Crippen molar-refractivity contribution in [3.8, 4) is 34.5 Å². The summed E-state index contributed by atoms with van der Waals surface area (Å²) < 4.78 is 39.5. The zero-order chi connectivity index (χ0) is 19.9. The Balaban J connectivity index is 1.88. The van der Waals surface area contributed by atoms with Crippen molar-refractivity contribution in [2.45, 2.75) is 25.0 Å². The molecular formula is C21H24O7. The first-order valence-corrected chi connectivity index (χ1v) is 8.99. The number of hydrogen-bond donors (Lipinski definition) is 0. The molecule has 0 amide bonds. The fourth-order valence-corrected chi connectivity index (χ4v) is 3.78. The van der Waals surface area contributed by atoms with Crippen LogP contribution < -0.4 is 28.4 Å². The summed E-state index contributed by atoms with van der Waals surface area (Å²) in [6.45, 7) is 2.13. The lowest BCUT2D eigenvalue weighted by molar-refractivity contribution is -0.163. The van der Waals surface area contributed by atoms with E-state index in [1.165, 1.54) is 0 Å². The van der Waals surface area contributed by atoms with Gasteiger partial charge in [-0.2, -0.15) is 0 Å². The summed E-state index contributed by atoms with van der Waals surface area (Å²) in [4.78, 5) is 0. The molecule has 150 valence electrons. The molecule has 4 rings (SSSR count). The molecule has 2 heterocycles. The van der Waals surface area contributed by atoms with E-state index in [2.05, 4.69) is 0 Å². The summed E-state index contributed by atoms with van der Waals surface area (Å²) in [5, 5.41) is 0. The van der Waals surface area contributed by atoms with Gasteiger partial charge in [-0.15, -0.1) is 0 Å². The normalized spacial score (nSPS) is 22.2. The van der Waals surface area contributed by atoms with Crippen LogP contribution in [0.25, 0.3) is 0 Å². The Morgan fingerprint density at radius 2 is 1.50 bits per heavy atom. The van der Waals surface area contributed by atoms with Crippen LogP contribution in [0, 0.1) is 0 Å². The lowest BCUT2D eigenvalue weighted by Gasteiger charge is -2.39. The highest BCUT2D eigenvalue weighted by molar-refractivity contribution is 5.59. The highest BCUT2D eigenvalue weighted by Crippen LogP contribution is 2.51. The van der Waals surface area contributed by atoms with Crippen LogP contribution in [0.5, 0.6) is 34.5 Å². The zero-order valence-electron chi connectivity index (χ0n) is 16.7. The van der Waals surface area contributed by atoms with E-state index in [1.54, 1.807) is 28.4 Å². The molecule has 2 aromatic carbocycles. The van der Waals surface area contributed by atoms with Crippen molar-refractivity contribution >= 4 is 0 Å². The molecule has 0 unspecified atom stereocenters. The molecule has 0 bridgehead atoms. The van der Waals surface area contributed by atoms with E-state index in [4.69, 9.17) is 33.2 Å². The monoisotopic (exact) mass is 388 g/mol. The van der Waals surface area contributed by atoms with Crippen LogP contribution >= 0.6 is 0 Å². The molecule has 0 N–H and O–H groups in total. The Kier molecular flexibility index (Phi) is 4.63. The predicted octanol–water partition coefficient (Wildman–Crippen LogP) is 3.72. The highest BCUT2D eigenvalue weighted by Gasteiger charge is 2.40. The number of benzene rings is 2. The van der Waals surface area contributed by atoms with Crippen LogP contribution in [0.2, 0.25) is 0 Å². The summed E-state index contributed by atoms with van der Waals surface area (Å²) in [6.07, 6.45) is 0.606. The lowest BCUT2D eigenvalue weighted by Crippen LogP contribution is -2.40. The van der Waals surface area contributed by atoms with Gasteiger partial charge in [0.2, 0.25) is 18.3 Å². The number of hydrogen-bond acceptors (Lipinski definition) is 7. The molecule has 0 saturated carbocycles. The Bertz CT molecular complexity index is 870. The predicted molar refractivity (Wildman–Crippen MR) is 101 cm³/mol. The SMILES string of the molecule is COc1cc([C@H]2C[C@@](C)(OC)Oc3cc4c(cc32)OCO4)cc(OC)c1OC. The van der Waals surface area contributed by atoms with Crippen molar-refractivity contribution < 1.29 is 33.2 Å². The molecule has 0 aliphatic carbocycles. The molecule has 7 heteroatoms. The Morgan fingerprint density at radius 1 is 0.857 bits per heavy atom. The molecule has 2 aliphatic rings. The van der Waals surface area contributed by atoms with Gasteiger partial charge in [0.1, 0.15) is 5.75 Å². The summed E-state index contributed by atoms with van der Waals surface area (Å²) in [7, 11) is 6.45. The molecule has 2 aromatic rings. The third-order valence-corrected chi connectivity index (χ3v) is 5.30. The minimum Gasteiger partial charge on any atom is -0.493 e. The Morgan fingerprint density at radius 3 is 2.07 bits per heavy atom. The molecule has 0 radical (unpaired) electrons. The quantitative estimate of drug-likeness (QED) is 0.773. The standard InChI is InChI=1S/C21H24O7/c1-21(25-5)10-14(12-6-18(22-2)20(24-4)19(7-12)23-3)13-8-16-17(27-11-26-16)9-15(13)28-21/h6-9,14H,10-11H2,1-5H3/t14-,21+/m1/s1. The second-order valence-electron chi connectivity index (χ2n) is 6.90. The van der Waals surface area contributed by atoms with Crippen molar-refractivity contribution in [1.82, 2.24) is 0 Å². The second kappa shape index (κ2) is 6.98. The largest absolute Gasteiger partial charge is 0.493 e. The van der Waals surface area contributed by atoms with Gasteiger partial charge in [0.05, 0.1) is 21.3 Å². The molecular weight excluding hydrogens is 364 g/mol. The van der Waals surface area contributed by atoms with Crippen LogP contribution in [0.15, 0.2) is 24.3 Å². The van der Waals surface area contributed by atoms with Crippen LogP contribution in [0.3, 0.4) is 0 Å². The van der Waals surface area contributed by atoms with E-state index < -0.39 is 5.79 Å². The molecule has 7 nitrogen and oxygen atoms in total. The Hall–Kier alpha value is -2.80. The van der Waals surface area contributed by atoms with Crippen LogP contribution in [0.4, 0.5) is 0 Å².